The summed E-state index contributed by atoms with van der Waals surface area (Å²) in [7, 11) is 0. The van der Waals surface area contributed by atoms with Crippen LogP contribution in [0.3, 0.4) is 0 Å². The van der Waals surface area contributed by atoms with E-state index in [-0.39, 0.29) is 5.88 Å². The maximum absolute atomic E-state index is 5.94. The van der Waals surface area contributed by atoms with Crippen molar-refractivity contribution >= 4 is 45.8 Å². The summed E-state index contributed by atoms with van der Waals surface area (Å²) in [5.41, 5.74) is 8.55. The van der Waals surface area contributed by atoms with Crippen LogP contribution in [0.2, 0.25) is 5.02 Å². The molecule has 1 aromatic heterocycles. The van der Waals surface area contributed by atoms with Crippen LogP contribution in [0.5, 0.6) is 0 Å². The van der Waals surface area contributed by atoms with Crippen LogP contribution in [0.15, 0.2) is 51.9 Å². The van der Waals surface area contributed by atoms with E-state index in [1.807, 2.05) is 30.3 Å². The highest BCUT2D eigenvalue weighted by Gasteiger charge is 2.09. The first kappa shape index (κ1) is 13.9. The van der Waals surface area contributed by atoms with Gasteiger partial charge in [0.15, 0.2) is 5.58 Å². The molecule has 2 aromatic carbocycles. The van der Waals surface area contributed by atoms with Crippen LogP contribution < -0.4 is 5.73 Å². The molecule has 0 saturated heterocycles. The van der Waals surface area contributed by atoms with Crippen molar-refractivity contribution in [2.75, 3.05) is 5.88 Å². The molecule has 0 spiro atoms. The molecular formula is C15H11Cl2N3O. The largest absolute Gasteiger partial charge is 0.436 e. The van der Waals surface area contributed by atoms with Crippen molar-refractivity contribution in [3.05, 3.63) is 47.5 Å². The average molecular weight is 320 g/mol. The Balaban J connectivity index is 2.04. The fourth-order valence-electron chi connectivity index (χ4n) is 1.93. The predicted octanol–water partition coefficient (Wildman–Crippen LogP) is 4.38. The quantitative estimate of drug-likeness (QED) is 0.442. The number of benzene rings is 2. The lowest BCUT2D eigenvalue weighted by Crippen LogP contribution is -2.12. The fraction of sp³-hybridized carbons (Fsp3) is 0.0667. The van der Waals surface area contributed by atoms with Gasteiger partial charge >= 0.3 is 0 Å². The molecule has 0 saturated carbocycles. The van der Waals surface area contributed by atoms with Gasteiger partial charge in [-0.15, -0.1) is 11.6 Å². The van der Waals surface area contributed by atoms with Crippen molar-refractivity contribution in [1.82, 2.24) is 4.98 Å². The van der Waals surface area contributed by atoms with E-state index in [1.165, 1.54) is 0 Å². The van der Waals surface area contributed by atoms with Gasteiger partial charge in [-0.05, 0) is 30.3 Å². The zero-order chi connectivity index (χ0) is 14.8. The lowest BCUT2D eigenvalue weighted by Gasteiger charge is -1.99. The van der Waals surface area contributed by atoms with Crippen molar-refractivity contribution in [2.24, 2.45) is 10.7 Å². The first-order chi connectivity index (χ1) is 10.2. The molecule has 0 bridgehead atoms. The number of halogens is 2. The fourth-order valence-corrected chi connectivity index (χ4v) is 2.15. The first-order valence-electron chi connectivity index (χ1n) is 6.21. The van der Waals surface area contributed by atoms with Gasteiger partial charge < -0.3 is 10.2 Å². The van der Waals surface area contributed by atoms with Crippen molar-refractivity contribution in [2.45, 2.75) is 0 Å². The monoisotopic (exact) mass is 319 g/mol. The minimum atomic E-state index is 0.186. The molecular weight excluding hydrogens is 309 g/mol. The number of alkyl halides is 1. The minimum Gasteiger partial charge on any atom is -0.436 e. The predicted molar refractivity (Wildman–Crippen MR) is 86.5 cm³/mol. The highest BCUT2D eigenvalue weighted by Crippen LogP contribution is 2.28. The maximum Gasteiger partial charge on any atom is 0.227 e. The second kappa shape index (κ2) is 5.76. The molecule has 0 amide bonds. The molecule has 1 heterocycles. The number of nitrogens with two attached hydrogens (primary N) is 1. The van der Waals surface area contributed by atoms with Crippen LogP contribution in [0.25, 0.3) is 22.6 Å². The summed E-state index contributed by atoms with van der Waals surface area (Å²) in [6.07, 6.45) is 0. The maximum atomic E-state index is 5.94. The SMILES string of the molecule is NC(CCl)=Nc1cccc(-c2nc3ccc(Cl)cc3o2)c1. The summed E-state index contributed by atoms with van der Waals surface area (Å²) in [6, 6.07) is 12.8. The van der Waals surface area contributed by atoms with Crippen LogP contribution in [-0.2, 0) is 0 Å². The average Bonchev–Trinajstić information content (AvgIpc) is 2.90. The number of aromatic nitrogens is 1. The summed E-state index contributed by atoms with van der Waals surface area (Å²) in [6.45, 7) is 0. The van der Waals surface area contributed by atoms with E-state index in [9.17, 15) is 0 Å². The Morgan fingerprint density at radius 1 is 1.24 bits per heavy atom. The third kappa shape index (κ3) is 3.01. The third-order valence-corrected chi connectivity index (χ3v) is 3.36. The molecule has 4 nitrogen and oxygen atoms in total. The second-order valence-electron chi connectivity index (χ2n) is 4.42. The highest BCUT2D eigenvalue weighted by atomic mass is 35.5. The van der Waals surface area contributed by atoms with Crippen LogP contribution in [-0.4, -0.2) is 16.7 Å². The van der Waals surface area contributed by atoms with E-state index >= 15 is 0 Å². The lowest BCUT2D eigenvalue weighted by molar-refractivity contribution is 0.620. The summed E-state index contributed by atoms with van der Waals surface area (Å²) in [5, 5.41) is 0.610. The summed E-state index contributed by atoms with van der Waals surface area (Å²) < 4.78 is 5.72. The molecule has 6 heteroatoms. The van der Waals surface area contributed by atoms with Gasteiger partial charge in [-0.1, -0.05) is 17.7 Å². The Morgan fingerprint density at radius 3 is 2.90 bits per heavy atom. The topological polar surface area (TPSA) is 64.4 Å². The van der Waals surface area contributed by atoms with E-state index in [2.05, 4.69) is 9.98 Å². The van der Waals surface area contributed by atoms with Crippen molar-refractivity contribution in [1.29, 1.82) is 0 Å². The molecule has 0 unspecified atom stereocenters. The van der Waals surface area contributed by atoms with Crippen LogP contribution >= 0.6 is 23.2 Å². The Labute approximate surface area is 131 Å². The number of oxazole rings is 1. The molecule has 106 valence electrons. The minimum absolute atomic E-state index is 0.186. The Kier molecular flexibility index (Phi) is 3.82. The summed E-state index contributed by atoms with van der Waals surface area (Å²) in [4.78, 5) is 8.64. The van der Waals surface area contributed by atoms with Crippen LogP contribution in [0.1, 0.15) is 0 Å². The Hall–Kier alpha value is -2.04. The van der Waals surface area contributed by atoms with E-state index in [0.717, 1.165) is 11.1 Å². The summed E-state index contributed by atoms with van der Waals surface area (Å²) in [5.74, 6) is 1.05. The number of amidine groups is 1. The van der Waals surface area contributed by atoms with Crippen molar-refractivity contribution < 1.29 is 4.42 Å². The van der Waals surface area contributed by atoms with Gasteiger partial charge in [0.05, 0.1) is 11.6 Å². The second-order valence-corrected chi connectivity index (χ2v) is 5.12. The van der Waals surface area contributed by atoms with Crippen LogP contribution in [0.4, 0.5) is 5.69 Å². The normalized spacial score (nSPS) is 12.0. The van der Waals surface area contributed by atoms with E-state index in [4.69, 9.17) is 33.4 Å². The molecule has 0 atom stereocenters. The van der Waals surface area contributed by atoms with E-state index in [0.29, 0.717) is 28.0 Å². The molecule has 0 aliphatic rings. The van der Waals surface area contributed by atoms with Gasteiger partial charge in [-0.3, -0.25) is 0 Å². The molecule has 3 aromatic rings. The molecule has 0 aliphatic heterocycles. The van der Waals surface area contributed by atoms with Gasteiger partial charge in [-0.2, -0.15) is 0 Å². The van der Waals surface area contributed by atoms with Gasteiger partial charge in [0.2, 0.25) is 5.89 Å². The number of hydrogen-bond acceptors (Lipinski definition) is 3. The summed E-state index contributed by atoms with van der Waals surface area (Å²) >= 11 is 11.6. The van der Waals surface area contributed by atoms with E-state index < -0.39 is 0 Å². The standard InChI is InChI=1S/C15H11Cl2N3O/c16-8-14(18)19-11-3-1-2-9(6-11)15-20-12-5-4-10(17)7-13(12)21-15/h1-7H,8H2,(H2,18,19). The molecule has 0 fully saturated rings. The molecule has 0 aliphatic carbocycles. The van der Waals surface area contributed by atoms with Gasteiger partial charge in [0.25, 0.3) is 0 Å². The van der Waals surface area contributed by atoms with Gasteiger partial charge in [0.1, 0.15) is 11.4 Å². The number of rotatable bonds is 3. The van der Waals surface area contributed by atoms with E-state index in [1.54, 1.807) is 12.1 Å². The Bertz CT molecular complexity index is 827. The Morgan fingerprint density at radius 2 is 2.10 bits per heavy atom. The number of fused-ring (bicyclic) bond motifs is 1. The molecule has 0 radical (unpaired) electrons. The highest BCUT2D eigenvalue weighted by molar-refractivity contribution is 6.31. The zero-order valence-electron chi connectivity index (χ0n) is 10.9. The molecule has 21 heavy (non-hydrogen) atoms. The van der Waals surface area contributed by atoms with Gasteiger partial charge in [0, 0.05) is 16.7 Å². The zero-order valence-corrected chi connectivity index (χ0v) is 12.4. The first-order valence-corrected chi connectivity index (χ1v) is 7.12. The molecule has 3 rings (SSSR count). The number of hydrogen-bond donors (Lipinski definition) is 1. The lowest BCUT2D eigenvalue weighted by atomic mass is 10.2. The number of aliphatic imine (C=N–C) groups is 1. The van der Waals surface area contributed by atoms with Gasteiger partial charge in [-0.25, -0.2) is 9.98 Å². The van der Waals surface area contributed by atoms with Crippen LogP contribution in [0, 0.1) is 0 Å². The third-order valence-electron chi connectivity index (χ3n) is 2.85. The van der Waals surface area contributed by atoms with Crippen molar-refractivity contribution in [3.63, 3.8) is 0 Å². The smallest absolute Gasteiger partial charge is 0.227 e. The number of nitrogens with zero attached hydrogens (tertiary/aromatic N) is 2. The molecule has 2 N–H and O–H groups in total. The van der Waals surface area contributed by atoms with Crippen molar-refractivity contribution in [3.8, 4) is 11.5 Å².